The Morgan fingerprint density at radius 2 is 1.81 bits per heavy atom. The summed E-state index contributed by atoms with van der Waals surface area (Å²) < 4.78 is 22.0. The maximum Gasteiger partial charge on any atom is 0.232 e. The molecule has 222 valence electrons. The minimum atomic E-state index is -1.02. The lowest BCUT2D eigenvalue weighted by atomic mass is 9.41. The maximum absolute atomic E-state index is 14.4. The predicted molar refractivity (Wildman–Crippen MR) is 159 cm³/mol. The van der Waals surface area contributed by atoms with Gasteiger partial charge in [-0.15, -0.1) is 0 Å². The molecular formula is C33H34ClFN6O2. The fraction of sp³-hybridized carbons (Fsp3) is 0.545. The van der Waals surface area contributed by atoms with Gasteiger partial charge in [-0.1, -0.05) is 28.9 Å². The Balaban J connectivity index is 1.01. The summed E-state index contributed by atoms with van der Waals surface area (Å²) in [7, 11) is 0. The number of anilines is 1. The number of fused-ring (bicyclic) bond motifs is 4. The number of hydrogen-bond acceptors (Lipinski definition) is 6. The minimum Gasteiger partial charge on any atom is -0.339 e. The Labute approximate surface area is 254 Å². The molecule has 7 saturated carbocycles. The lowest BCUT2D eigenvalue weighted by molar-refractivity contribution is -0.215. The van der Waals surface area contributed by atoms with Crippen molar-refractivity contribution in [1.82, 2.24) is 24.7 Å². The first-order valence-corrected chi connectivity index (χ1v) is 16.1. The van der Waals surface area contributed by atoms with Crippen LogP contribution in [0, 0.1) is 10.8 Å². The highest BCUT2D eigenvalue weighted by molar-refractivity contribution is 6.30. The molecule has 43 heavy (non-hydrogen) atoms. The summed E-state index contributed by atoms with van der Waals surface area (Å²) >= 11 is 6.14. The van der Waals surface area contributed by atoms with Gasteiger partial charge < -0.3 is 9.42 Å². The molecule has 0 atom stereocenters. The van der Waals surface area contributed by atoms with E-state index in [0.29, 0.717) is 48.8 Å². The van der Waals surface area contributed by atoms with Gasteiger partial charge in [0.2, 0.25) is 11.8 Å². The number of hydrogen-bond donors (Lipinski definition) is 0. The summed E-state index contributed by atoms with van der Waals surface area (Å²) in [5, 5.41) is 9.31. The first-order valence-electron chi connectivity index (χ1n) is 15.7. The molecule has 0 spiro atoms. The van der Waals surface area contributed by atoms with E-state index >= 15 is 0 Å². The van der Waals surface area contributed by atoms with E-state index in [0.717, 1.165) is 80.0 Å². The van der Waals surface area contributed by atoms with Crippen LogP contribution < -0.4 is 4.90 Å². The molecule has 1 amide bonds. The molecule has 3 heterocycles. The molecule has 4 bridgehead atoms. The third-order valence-electron chi connectivity index (χ3n) is 11.4. The Hall–Kier alpha value is -3.33. The van der Waals surface area contributed by atoms with E-state index in [-0.39, 0.29) is 22.2 Å². The Morgan fingerprint density at radius 3 is 2.53 bits per heavy atom. The van der Waals surface area contributed by atoms with E-state index in [2.05, 4.69) is 21.3 Å². The molecule has 3 aromatic heterocycles. The maximum atomic E-state index is 14.4. The highest BCUT2D eigenvalue weighted by Crippen LogP contribution is 2.71. The second-order valence-corrected chi connectivity index (χ2v) is 14.9. The highest BCUT2D eigenvalue weighted by atomic mass is 35.5. The zero-order chi connectivity index (χ0) is 29.0. The third-order valence-corrected chi connectivity index (χ3v) is 11.6. The summed E-state index contributed by atoms with van der Waals surface area (Å²) in [5.41, 5.74) is 2.13. The van der Waals surface area contributed by atoms with E-state index < -0.39 is 5.67 Å². The van der Waals surface area contributed by atoms with Gasteiger partial charge >= 0.3 is 0 Å². The van der Waals surface area contributed by atoms with Gasteiger partial charge in [0, 0.05) is 41.6 Å². The van der Waals surface area contributed by atoms with E-state index in [1.807, 2.05) is 23.1 Å². The van der Waals surface area contributed by atoms with Gasteiger partial charge in [-0.25, -0.2) is 13.9 Å². The van der Waals surface area contributed by atoms with Crippen LogP contribution in [0.2, 0.25) is 5.02 Å². The van der Waals surface area contributed by atoms with Crippen molar-refractivity contribution in [2.45, 2.75) is 94.1 Å². The van der Waals surface area contributed by atoms with Gasteiger partial charge in [-0.05, 0) is 93.6 Å². The van der Waals surface area contributed by atoms with Crippen LogP contribution in [0.4, 0.5) is 10.1 Å². The number of amides is 1. The second kappa shape index (κ2) is 8.87. The van der Waals surface area contributed by atoms with Crippen molar-refractivity contribution >= 4 is 28.8 Å². The molecule has 0 aliphatic heterocycles. The zero-order valence-corrected chi connectivity index (χ0v) is 24.8. The van der Waals surface area contributed by atoms with Crippen molar-refractivity contribution in [2.24, 2.45) is 10.8 Å². The van der Waals surface area contributed by atoms with Crippen LogP contribution >= 0.6 is 11.6 Å². The topological polar surface area (TPSA) is 89.4 Å². The lowest BCUT2D eigenvalue weighted by Crippen LogP contribution is -2.65. The molecule has 10 heteroatoms. The van der Waals surface area contributed by atoms with E-state index in [9.17, 15) is 9.18 Å². The predicted octanol–water partition coefficient (Wildman–Crippen LogP) is 7.22. The molecular weight excluding hydrogens is 567 g/mol. The number of imidazole rings is 1. The number of alkyl halides is 1. The number of halogens is 2. The average Bonchev–Trinajstić information content (AvgIpc) is 3.55. The van der Waals surface area contributed by atoms with Gasteiger partial charge in [-0.3, -0.25) is 4.79 Å². The molecule has 4 aromatic rings. The Bertz CT molecular complexity index is 1730. The SMILES string of the molecule is O=C(CC12CC(F)(C1)C2)N(CC12CCC(c3nc(C4CC4)no3)(CC1)CC2)c1cccc(-c2cnc3cc(Cl)cnn23)c1. The third kappa shape index (κ3) is 4.17. The standard InChI is InChI=1S/C33H34ClFN6O2/c34-23-13-26-36-16-25(41(26)37-15-23)22-2-1-3-24(12-22)40(27(42)14-31-17-33(35,18-31)19-31)20-30-6-9-32(10-7-30,11-8-30)29-38-28(39-43-29)21-4-5-21/h1-3,12-13,15-16,21H,4-11,14,17-20H2. The minimum absolute atomic E-state index is 0.0309. The zero-order valence-electron chi connectivity index (χ0n) is 24.1. The fourth-order valence-electron chi connectivity index (χ4n) is 8.79. The second-order valence-electron chi connectivity index (χ2n) is 14.5. The van der Waals surface area contributed by atoms with Crippen LogP contribution in [0.15, 0.2) is 47.2 Å². The highest BCUT2D eigenvalue weighted by Gasteiger charge is 2.69. The van der Waals surface area contributed by atoms with Crippen molar-refractivity contribution in [1.29, 1.82) is 0 Å². The van der Waals surface area contributed by atoms with E-state index in [4.69, 9.17) is 21.1 Å². The summed E-state index contributed by atoms with van der Waals surface area (Å²) in [6, 6.07) is 9.90. The van der Waals surface area contributed by atoms with Crippen LogP contribution in [0.25, 0.3) is 16.9 Å². The van der Waals surface area contributed by atoms with Gasteiger partial charge in [0.1, 0.15) is 5.67 Å². The van der Waals surface area contributed by atoms with Gasteiger partial charge in [0.25, 0.3) is 0 Å². The Morgan fingerprint density at radius 1 is 1.05 bits per heavy atom. The molecule has 0 unspecified atom stereocenters. The van der Waals surface area contributed by atoms with Crippen molar-refractivity contribution in [3.05, 3.63) is 59.5 Å². The van der Waals surface area contributed by atoms with Gasteiger partial charge in [-0.2, -0.15) is 10.1 Å². The molecule has 11 rings (SSSR count). The number of aromatic nitrogens is 5. The molecule has 0 N–H and O–H groups in total. The van der Waals surface area contributed by atoms with Crippen LogP contribution in [0.5, 0.6) is 0 Å². The lowest BCUT2D eigenvalue weighted by Gasteiger charge is -2.66. The molecule has 0 radical (unpaired) electrons. The first-order chi connectivity index (χ1) is 20.7. The number of carbonyl (C=O) groups is 1. The smallest absolute Gasteiger partial charge is 0.232 e. The van der Waals surface area contributed by atoms with Crippen molar-refractivity contribution in [3.8, 4) is 11.3 Å². The van der Waals surface area contributed by atoms with Crippen LogP contribution in [0.3, 0.4) is 0 Å². The number of nitrogens with zero attached hydrogens (tertiary/aromatic N) is 6. The summed E-state index contributed by atoms with van der Waals surface area (Å²) in [4.78, 5) is 25.5. The molecule has 8 nitrogen and oxygen atoms in total. The van der Waals surface area contributed by atoms with Crippen LogP contribution in [-0.4, -0.2) is 42.9 Å². The van der Waals surface area contributed by atoms with E-state index in [1.165, 1.54) is 0 Å². The van der Waals surface area contributed by atoms with Crippen molar-refractivity contribution in [3.63, 3.8) is 0 Å². The molecule has 1 aromatic carbocycles. The summed E-state index contributed by atoms with van der Waals surface area (Å²) in [6.07, 6.45) is 13.8. The fourth-order valence-corrected chi connectivity index (χ4v) is 8.93. The number of rotatable bonds is 8. The molecule has 7 aliphatic rings. The Kier molecular flexibility index (Phi) is 5.38. The van der Waals surface area contributed by atoms with Crippen molar-refractivity contribution in [2.75, 3.05) is 11.4 Å². The molecule has 7 fully saturated rings. The quantitative estimate of drug-likeness (QED) is 0.212. The number of carbonyl (C=O) groups excluding carboxylic acids is 1. The van der Waals surface area contributed by atoms with Gasteiger partial charge in [0.05, 0.1) is 23.1 Å². The van der Waals surface area contributed by atoms with Gasteiger partial charge in [0.15, 0.2) is 11.5 Å². The number of benzene rings is 1. The normalized spacial score (nSPS) is 32.4. The van der Waals surface area contributed by atoms with E-state index in [1.54, 1.807) is 23.0 Å². The first kappa shape index (κ1) is 26.1. The monoisotopic (exact) mass is 600 g/mol. The molecule has 7 aliphatic carbocycles. The summed E-state index contributed by atoms with van der Waals surface area (Å²) in [6.45, 7) is 0.667. The molecule has 0 saturated heterocycles. The van der Waals surface area contributed by atoms with Crippen molar-refractivity contribution < 1.29 is 13.7 Å². The van der Waals surface area contributed by atoms with Crippen LogP contribution in [-0.2, 0) is 10.2 Å². The average molecular weight is 601 g/mol. The van der Waals surface area contributed by atoms with Crippen LogP contribution in [0.1, 0.15) is 94.7 Å². The summed E-state index contributed by atoms with van der Waals surface area (Å²) in [5.74, 6) is 2.30. The largest absolute Gasteiger partial charge is 0.339 e.